The summed E-state index contributed by atoms with van der Waals surface area (Å²) in [5, 5.41) is 3.06. The van der Waals surface area contributed by atoms with Crippen molar-refractivity contribution in [2.24, 2.45) is 0 Å². The van der Waals surface area contributed by atoms with Crippen LogP contribution >= 0.6 is 0 Å². The minimum absolute atomic E-state index is 0.0555. The van der Waals surface area contributed by atoms with Gasteiger partial charge in [-0.15, -0.1) is 0 Å². The van der Waals surface area contributed by atoms with Crippen LogP contribution in [-0.2, 0) is 11.3 Å². The number of carbonyl (C=O) groups excluding carboxylic acids is 1. The number of hydrogen-bond acceptors (Lipinski definition) is 2. The van der Waals surface area contributed by atoms with Gasteiger partial charge >= 0.3 is 0 Å². The van der Waals surface area contributed by atoms with Crippen LogP contribution in [0, 0.1) is 6.92 Å². The number of carbonyl (C=O) groups is 1. The highest BCUT2D eigenvalue weighted by Crippen LogP contribution is 2.15. The van der Waals surface area contributed by atoms with Gasteiger partial charge in [-0.25, -0.2) is 4.98 Å². The number of imidazole rings is 1. The number of aryl methyl sites for hydroxylation is 1. The van der Waals surface area contributed by atoms with Crippen molar-refractivity contribution in [1.82, 2.24) is 14.9 Å². The molecule has 1 aromatic carbocycles. The normalized spacial score (nSPS) is 11.2. The highest BCUT2D eigenvalue weighted by molar-refractivity contribution is 5.81. The van der Waals surface area contributed by atoms with Crippen LogP contribution in [0.5, 0.6) is 0 Å². The van der Waals surface area contributed by atoms with Gasteiger partial charge in [0.25, 0.3) is 0 Å². The Morgan fingerprint density at radius 3 is 2.68 bits per heavy atom. The number of amides is 1. The fourth-order valence-electron chi connectivity index (χ4n) is 2.31. The van der Waals surface area contributed by atoms with Crippen molar-refractivity contribution in [3.63, 3.8) is 0 Å². The van der Waals surface area contributed by atoms with Crippen LogP contribution in [0.2, 0.25) is 0 Å². The molecule has 0 aliphatic rings. The zero-order valence-corrected chi connectivity index (χ0v) is 11.8. The van der Waals surface area contributed by atoms with Gasteiger partial charge in [0, 0.05) is 6.04 Å². The molecule has 0 saturated heterocycles. The summed E-state index contributed by atoms with van der Waals surface area (Å²) >= 11 is 0. The average Bonchev–Trinajstić information content (AvgIpc) is 2.72. The van der Waals surface area contributed by atoms with E-state index in [1.165, 1.54) is 0 Å². The van der Waals surface area contributed by atoms with Crippen molar-refractivity contribution in [3.05, 3.63) is 30.1 Å². The molecule has 0 spiro atoms. The second-order valence-electron chi connectivity index (χ2n) is 4.81. The summed E-state index contributed by atoms with van der Waals surface area (Å²) in [5.41, 5.74) is 1.95. The van der Waals surface area contributed by atoms with Crippen molar-refractivity contribution in [3.8, 4) is 0 Å². The van der Waals surface area contributed by atoms with Crippen LogP contribution in [-0.4, -0.2) is 21.5 Å². The fourth-order valence-corrected chi connectivity index (χ4v) is 2.31. The fraction of sp³-hybridized carbons (Fsp3) is 0.467. The summed E-state index contributed by atoms with van der Waals surface area (Å²) in [6, 6.07) is 8.17. The lowest BCUT2D eigenvalue weighted by Gasteiger charge is -2.15. The summed E-state index contributed by atoms with van der Waals surface area (Å²) in [5.74, 6) is 0.931. The molecule has 1 aromatic heterocycles. The van der Waals surface area contributed by atoms with E-state index in [1.807, 2.05) is 35.8 Å². The molecule has 0 saturated carbocycles. The molecule has 1 amide bonds. The third-order valence-corrected chi connectivity index (χ3v) is 3.50. The van der Waals surface area contributed by atoms with Crippen molar-refractivity contribution in [1.29, 1.82) is 0 Å². The summed E-state index contributed by atoms with van der Waals surface area (Å²) in [6.07, 6.45) is 1.93. The maximum atomic E-state index is 12.1. The van der Waals surface area contributed by atoms with E-state index in [2.05, 4.69) is 24.1 Å². The Morgan fingerprint density at radius 1 is 1.32 bits per heavy atom. The number of rotatable bonds is 5. The molecule has 4 heteroatoms. The van der Waals surface area contributed by atoms with Gasteiger partial charge in [-0.1, -0.05) is 26.0 Å². The lowest BCUT2D eigenvalue weighted by Crippen LogP contribution is -2.36. The molecule has 1 N–H and O–H groups in total. The monoisotopic (exact) mass is 259 g/mol. The standard InChI is InChI=1S/C15H21N3O/c1-4-12(5-2)17-15(19)10-18-11(3)16-13-8-6-7-9-14(13)18/h6-9,12H,4-5,10H2,1-3H3,(H,17,19). The van der Waals surface area contributed by atoms with Crippen molar-refractivity contribution in [2.75, 3.05) is 0 Å². The van der Waals surface area contributed by atoms with Gasteiger partial charge in [-0.05, 0) is 31.9 Å². The van der Waals surface area contributed by atoms with Gasteiger partial charge in [-0.2, -0.15) is 0 Å². The van der Waals surface area contributed by atoms with Crippen LogP contribution in [0.15, 0.2) is 24.3 Å². The van der Waals surface area contributed by atoms with Crippen LogP contribution in [0.4, 0.5) is 0 Å². The van der Waals surface area contributed by atoms with Gasteiger partial charge in [0.05, 0.1) is 11.0 Å². The molecule has 19 heavy (non-hydrogen) atoms. The van der Waals surface area contributed by atoms with E-state index in [1.54, 1.807) is 0 Å². The van der Waals surface area contributed by atoms with Gasteiger partial charge in [0.1, 0.15) is 12.4 Å². The minimum Gasteiger partial charge on any atom is -0.352 e. The lowest BCUT2D eigenvalue weighted by atomic mass is 10.2. The molecule has 2 aromatic rings. The molecule has 102 valence electrons. The topological polar surface area (TPSA) is 46.9 Å². The number of nitrogens with one attached hydrogen (secondary N) is 1. The zero-order valence-electron chi connectivity index (χ0n) is 11.8. The highest BCUT2D eigenvalue weighted by Gasteiger charge is 2.12. The molecule has 0 unspecified atom stereocenters. The third-order valence-electron chi connectivity index (χ3n) is 3.50. The molecule has 1 heterocycles. The predicted octanol–water partition coefficient (Wildman–Crippen LogP) is 2.65. The first-order chi connectivity index (χ1) is 9.15. The molecular formula is C15H21N3O. The number of fused-ring (bicyclic) bond motifs is 1. The number of benzene rings is 1. The Morgan fingerprint density at radius 2 is 2.00 bits per heavy atom. The van der Waals surface area contributed by atoms with Gasteiger partial charge in [0.2, 0.25) is 5.91 Å². The number of para-hydroxylation sites is 2. The Bertz CT molecular complexity index is 570. The quantitative estimate of drug-likeness (QED) is 0.897. The van der Waals surface area contributed by atoms with E-state index in [0.29, 0.717) is 6.54 Å². The smallest absolute Gasteiger partial charge is 0.240 e. The molecular weight excluding hydrogens is 238 g/mol. The van der Waals surface area contributed by atoms with Gasteiger partial charge in [-0.3, -0.25) is 4.79 Å². The molecule has 0 aliphatic heterocycles. The molecule has 2 rings (SSSR count). The Kier molecular flexibility index (Phi) is 4.20. The van der Waals surface area contributed by atoms with Crippen LogP contribution in [0.3, 0.4) is 0 Å². The summed E-state index contributed by atoms with van der Waals surface area (Å²) in [7, 11) is 0. The molecule has 4 nitrogen and oxygen atoms in total. The second-order valence-corrected chi connectivity index (χ2v) is 4.81. The largest absolute Gasteiger partial charge is 0.352 e. The minimum atomic E-state index is 0.0555. The first-order valence-corrected chi connectivity index (χ1v) is 6.87. The summed E-state index contributed by atoms with van der Waals surface area (Å²) < 4.78 is 1.97. The Labute approximate surface area is 113 Å². The van der Waals surface area contributed by atoms with Gasteiger partial charge < -0.3 is 9.88 Å². The average molecular weight is 259 g/mol. The maximum absolute atomic E-state index is 12.1. The van der Waals surface area contributed by atoms with Crippen LogP contribution < -0.4 is 5.32 Å². The van der Waals surface area contributed by atoms with E-state index in [-0.39, 0.29) is 11.9 Å². The summed E-state index contributed by atoms with van der Waals surface area (Å²) in [6.45, 7) is 6.45. The Balaban J connectivity index is 2.17. The zero-order chi connectivity index (χ0) is 13.8. The van der Waals surface area contributed by atoms with Crippen LogP contribution in [0.1, 0.15) is 32.5 Å². The first-order valence-electron chi connectivity index (χ1n) is 6.87. The number of nitrogens with zero attached hydrogens (tertiary/aromatic N) is 2. The third kappa shape index (κ3) is 2.95. The number of aromatic nitrogens is 2. The molecule has 0 fully saturated rings. The SMILES string of the molecule is CCC(CC)NC(=O)Cn1c(C)nc2ccccc21. The first kappa shape index (κ1) is 13.6. The molecule has 0 aliphatic carbocycles. The van der Waals surface area contributed by atoms with Gasteiger partial charge in [0.15, 0.2) is 0 Å². The second kappa shape index (κ2) is 5.87. The van der Waals surface area contributed by atoms with Crippen molar-refractivity contribution >= 4 is 16.9 Å². The summed E-state index contributed by atoms with van der Waals surface area (Å²) in [4.78, 5) is 16.5. The van der Waals surface area contributed by atoms with E-state index in [4.69, 9.17) is 0 Å². The highest BCUT2D eigenvalue weighted by atomic mass is 16.2. The van der Waals surface area contributed by atoms with E-state index < -0.39 is 0 Å². The van der Waals surface area contributed by atoms with Crippen LogP contribution in [0.25, 0.3) is 11.0 Å². The Hall–Kier alpha value is -1.84. The van der Waals surface area contributed by atoms with E-state index in [9.17, 15) is 4.79 Å². The lowest BCUT2D eigenvalue weighted by molar-refractivity contribution is -0.122. The van der Waals surface area contributed by atoms with E-state index >= 15 is 0 Å². The van der Waals surface area contributed by atoms with E-state index in [0.717, 1.165) is 29.7 Å². The maximum Gasteiger partial charge on any atom is 0.240 e. The van der Waals surface area contributed by atoms with Crippen molar-refractivity contribution in [2.45, 2.75) is 46.2 Å². The predicted molar refractivity (Wildman–Crippen MR) is 77.0 cm³/mol. The number of hydrogen-bond donors (Lipinski definition) is 1. The van der Waals surface area contributed by atoms with Crippen molar-refractivity contribution < 1.29 is 4.79 Å². The molecule has 0 radical (unpaired) electrons. The molecule has 0 bridgehead atoms. The molecule has 0 atom stereocenters.